The summed E-state index contributed by atoms with van der Waals surface area (Å²) in [6.07, 6.45) is 4.15. The number of hydrogen-bond acceptors (Lipinski definition) is 3. The highest BCUT2D eigenvalue weighted by atomic mass is 16.5. The topological polar surface area (TPSA) is 72.5 Å². The highest BCUT2D eigenvalue weighted by Gasteiger charge is 2.39. The van der Waals surface area contributed by atoms with Crippen molar-refractivity contribution < 1.29 is 14.6 Å². The summed E-state index contributed by atoms with van der Waals surface area (Å²) in [4.78, 5) is 9.24. The van der Waals surface area contributed by atoms with Gasteiger partial charge in [0.15, 0.2) is 0 Å². The molecule has 15 heavy (non-hydrogen) atoms. The lowest BCUT2D eigenvalue weighted by molar-refractivity contribution is -0.135. The molecule has 0 amide bonds. The van der Waals surface area contributed by atoms with Gasteiger partial charge in [-0.25, -0.2) is 0 Å². The summed E-state index contributed by atoms with van der Waals surface area (Å²) in [7, 11) is 0. The molecule has 2 unspecified atom stereocenters. The Hall–Kier alpha value is -0.610. The van der Waals surface area contributed by atoms with Crippen LogP contribution in [0.15, 0.2) is 0 Å². The third kappa shape index (κ3) is 4.62. The fraction of sp³-hybridized carbons (Fsp3) is 0.909. The van der Waals surface area contributed by atoms with Crippen LogP contribution in [-0.4, -0.2) is 30.8 Å². The van der Waals surface area contributed by atoms with Gasteiger partial charge in [-0.2, -0.15) is 0 Å². The summed E-state index contributed by atoms with van der Waals surface area (Å²) in [6.45, 7) is 4.14. The van der Waals surface area contributed by atoms with Crippen LogP contribution in [-0.2, 0) is 9.53 Å². The van der Waals surface area contributed by atoms with Crippen LogP contribution >= 0.6 is 0 Å². The molecule has 1 saturated heterocycles. The van der Waals surface area contributed by atoms with E-state index in [1.165, 1.54) is 19.3 Å². The number of nitrogens with two attached hydrogens (primary N) is 1. The lowest BCUT2D eigenvalue weighted by atomic mass is 9.94. The fourth-order valence-corrected chi connectivity index (χ4v) is 2.15. The van der Waals surface area contributed by atoms with E-state index in [-0.39, 0.29) is 6.54 Å². The average Bonchev–Trinajstić information content (AvgIpc) is 2.98. The van der Waals surface area contributed by atoms with Gasteiger partial charge >= 0.3 is 5.97 Å². The van der Waals surface area contributed by atoms with E-state index in [2.05, 4.69) is 12.7 Å². The minimum Gasteiger partial charge on any atom is -0.480 e. The largest absolute Gasteiger partial charge is 0.480 e. The molecule has 3 N–H and O–H groups in total. The zero-order valence-electron chi connectivity index (χ0n) is 9.32. The molecule has 0 aromatic carbocycles. The summed E-state index contributed by atoms with van der Waals surface area (Å²) in [5, 5.41) is 7.60. The quantitative estimate of drug-likeness (QED) is 0.723. The van der Waals surface area contributed by atoms with Crippen molar-refractivity contribution in [3.8, 4) is 0 Å². The first kappa shape index (κ1) is 12.5. The van der Waals surface area contributed by atoms with Gasteiger partial charge in [0, 0.05) is 13.2 Å². The SMILES string of the molecule is CC1CC1C1CCOCC1.NCC(=O)O. The number of carboxylic acid groups (broad SMARTS) is 1. The standard InChI is InChI=1S/C9H16O.C2H5NO2/c1-7-6-9(7)8-2-4-10-5-3-8;3-1-2(4)5/h7-9H,2-6H2,1H3;1,3H2,(H,4,5). The predicted octanol–water partition coefficient (Wildman–Crippen LogP) is 1.10. The lowest BCUT2D eigenvalue weighted by Gasteiger charge is -2.21. The van der Waals surface area contributed by atoms with Crippen LogP contribution in [0.3, 0.4) is 0 Å². The van der Waals surface area contributed by atoms with E-state index in [0.29, 0.717) is 0 Å². The van der Waals surface area contributed by atoms with Crippen LogP contribution < -0.4 is 5.73 Å². The van der Waals surface area contributed by atoms with Crippen molar-refractivity contribution in [1.82, 2.24) is 0 Å². The van der Waals surface area contributed by atoms with E-state index in [1.54, 1.807) is 0 Å². The molecule has 1 aliphatic carbocycles. The minimum absolute atomic E-state index is 0.278. The van der Waals surface area contributed by atoms with Crippen LogP contribution in [0.1, 0.15) is 26.2 Å². The lowest BCUT2D eigenvalue weighted by Crippen LogP contribution is -2.17. The summed E-state index contributed by atoms with van der Waals surface area (Å²) < 4.78 is 5.31. The highest BCUT2D eigenvalue weighted by Crippen LogP contribution is 2.47. The maximum absolute atomic E-state index is 9.24. The first-order valence-electron chi connectivity index (χ1n) is 5.64. The average molecular weight is 215 g/mol. The maximum Gasteiger partial charge on any atom is 0.317 e. The molecule has 0 aromatic heterocycles. The Balaban J connectivity index is 0.000000195. The third-order valence-corrected chi connectivity index (χ3v) is 3.22. The van der Waals surface area contributed by atoms with Crippen LogP contribution in [0.25, 0.3) is 0 Å². The summed E-state index contributed by atoms with van der Waals surface area (Å²) in [5.74, 6) is 2.15. The molecule has 0 aromatic rings. The number of carbonyl (C=O) groups is 1. The van der Waals surface area contributed by atoms with Gasteiger partial charge in [-0.15, -0.1) is 0 Å². The van der Waals surface area contributed by atoms with E-state index in [0.717, 1.165) is 31.0 Å². The first-order chi connectivity index (χ1) is 7.15. The van der Waals surface area contributed by atoms with Crippen LogP contribution in [0.2, 0.25) is 0 Å². The smallest absolute Gasteiger partial charge is 0.317 e. The molecule has 4 nitrogen and oxygen atoms in total. The Kier molecular flexibility index (Phi) is 5.05. The highest BCUT2D eigenvalue weighted by molar-refractivity contribution is 5.68. The van der Waals surface area contributed by atoms with Crippen molar-refractivity contribution in [3.63, 3.8) is 0 Å². The van der Waals surface area contributed by atoms with E-state index >= 15 is 0 Å². The minimum atomic E-state index is -0.968. The van der Waals surface area contributed by atoms with E-state index in [4.69, 9.17) is 9.84 Å². The molecular formula is C11H21NO3. The molecule has 2 rings (SSSR count). The van der Waals surface area contributed by atoms with Gasteiger partial charge < -0.3 is 15.6 Å². The zero-order chi connectivity index (χ0) is 11.3. The molecule has 1 saturated carbocycles. The second-order valence-corrected chi connectivity index (χ2v) is 4.42. The predicted molar refractivity (Wildman–Crippen MR) is 57.5 cm³/mol. The number of hydrogen-bond donors (Lipinski definition) is 2. The Morgan fingerprint density at radius 2 is 1.93 bits per heavy atom. The second-order valence-electron chi connectivity index (χ2n) is 4.42. The van der Waals surface area contributed by atoms with Crippen molar-refractivity contribution >= 4 is 5.97 Å². The summed E-state index contributed by atoms with van der Waals surface area (Å²) in [5.41, 5.74) is 4.57. The Bertz CT molecular complexity index is 202. The van der Waals surface area contributed by atoms with Crippen molar-refractivity contribution in [3.05, 3.63) is 0 Å². The molecule has 88 valence electrons. The first-order valence-corrected chi connectivity index (χ1v) is 5.64. The monoisotopic (exact) mass is 215 g/mol. The van der Waals surface area contributed by atoms with Crippen LogP contribution in [0.4, 0.5) is 0 Å². The van der Waals surface area contributed by atoms with Crippen LogP contribution in [0, 0.1) is 17.8 Å². The Labute approximate surface area is 90.8 Å². The van der Waals surface area contributed by atoms with E-state index in [1.807, 2.05) is 0 Å². The van der Waals surface area contributed by atoms with Gasteiger partial charge in [-0.3, -0.25) is 4.79 Å². The van der Waals surface area contributed by atoms with Crippen molar-refractivity contribution in [2.75, 3.05) is 19.8 Å². The van der Waals surface area contributed by atoms with Gasteiger partial charge in [0.05, 0.1) is 6.54 Å². The summed E-state index contributed by atoms with van der Waals surface area (Å²) >= 11 is 0. The van der Waals surface area contributed by atoms with Gasteiger partial charge in [0.1, 0.15) is 0 Å². The Morgan fingerprint density at radius 1 is 1.47 bits per heavy atom. The van der Waals surface area contributed by atoms with Crippen LogP contribution in [0.5, 0.6) is 0 Å². The number of ether oxygens (including phenoxy) is 1. The molecule has 1 heterocycles. The number of carboxylic acids is 1. The molecule has 2 fully saturated rings. The third-order valence-electron chi connectivity index (χ3n) is 3.22. The van der Waals surface area contributed by atoms with Gasteiger partial charge in [-0.1, -0.05) is 6.92 Å². The van der Waals surface area contributed by atoms with E-state index < -0.39 is 5.97 Å². The van der Waals surface area contributed by atoms with Gasteiger partial charge in [0.25, 0.3) is 0 Å². The van der Waals surface area contributed by atoms with Crippen molar-refractivity contribution in [1.29, 1.82) is 0 Å². The molecule has 0 radical (unpaired) electrons. The van der Waals surface area contributed by atoms with E-state index in [9.17, 15) is 4.79 Å². The molecular weight excluding hydrogens is 194 g/mol. The Morgan fingerprint density at radius 3 is 2.27 bits per heavy atom. The van der Waals surface area contributed by atoms with Gasteiger partial charge in [-0.05, 0) is 37.0 Å². The number of rotatable bonds is 2. The molecule has 2 aliphatic rings. The molecule has 2 atom stereocenters. The molecule has 1 aliphatic heterocycles. The molecule has 4 heteroatoms. The van der Waals surface area contributed by atoms with Gasteiger partial charge in [0.2, 0.25) is 0 Å². The normalized spacial score (nSPS) is 30.3. The van der Waals surface area contributed by atoms with Crippen molar-refractivity contribution in [2.45, 2.75) is 26.2 Å². The molecule has 0 bridgehead atoms. The van der Waals surface area contributed by atoms with Crippen molar-refractivity contribution in [2.24, 2.45) is 23.5 Å². The fourth-order valence-electron chi connectivity index (χ4n) is 2.15. The maximum atomic E-state index is 9.24. The second kappa shape index (κ2) is 6.08. The molecule has 0 spiro atoms. The zero-order valence-corrected chi connectivity index (χ0v) is 9.32. The number of aliphatic carboxylic acids is 1. The summed E-state index contributed by atoms with van der Waals surface area (Å²) in [6, 6.07) is 0.